The lowest BCUT2D eigenvalue weighted by Gasteiger charge is -2.01. The molecule has 5 heteroatoms. The first kappa shape index (κ1) is 9.25. The van der Waals surface area contributed by atoms with Crippen LogP contribution in [-0.4, -0.2) is 12.5 Å². The molecular formula is C7H5F3OS. The molecule has 1 rings (SSSR count). The average Bonchev–Trinajstić information content (AvgIpc) is 2.32. The van der Waals surface area contributed by atoms with Crippen molar-refractivity contribution in [2.45, 2.75) is 12.6 Å². The smallest absolute Gasteiger partial charge is 0.297 e. The molecule has 0 atom stereocenters. The minimum absolute atomic E-state index is 0.171. The number of carbonyl (C=O) groups excluding carboxylic acids is 1. The molecule has 66 valence electrons. The summed E-state index contributed by atoms with van der Waals surface area (Å²) in [4.78, 5) is 10.6. The van der Waals surface area contributed by atoms with E-state index >= 15 is 0 Å². The van der Waals surface area contributed by atoms with Crippen LogP contribution in [0.3, 0.4) is 0 Å². The Kier molecular flexibility index (Phi) is 2.52. The fourth-order valence-corrected chi connectivity index (χ4v) is 1.61. The first-order valence-electron chi connectivity index (χ1n) is 3.12. The van der Waals surface area contributed by atoms with Gasteiger partial charge in [0, 0.05) is 4.88 Å². The van der Waals surface area contributed by atoms with Crippen molar-refractivity contribution in [2.75, 3.05) is 0 Å². The molecule has 0 bridgehead atoms. The molecule has 0 N–H and O–H groups in total. The third-order valence-corrected chi connectivity index (χ3v) is 2.18. The summed E-state index contributed by atoms with van der Waals surface area (Å²) in [5, 5.41) is 0. The lowest BCUT2D eigenvalue weighted by atomic mass is 10.3. The summed E-state index contributed by atoms with van der Waals surface area (Å²) in [6.45, 7) is 0. The Hall–Kier alpha value is -0.840. The number of thiophene rings is 1. The second-order valence-corrected chi connectivity index (χ2v) is 3.41. The minimum Gasteiger partial charge on any atom is -0.297 e. The molecule has 0 spiro atoms. The van der Waals surface area contributed by atoms with Gasteiger partial charge in [0.1, 0.15) is 0 Å². The summed E-state index contributed by atoms with van der Waals surface area (Å²) in [7, 11) is 0. The molecule has 12 heavy (non-hydrogen) atoms. The highest BCUT2D eigenvalue weighted by Crippen LogP contribution is 2.25. The van der Waals surface area contributed by atoms with E-state index in [0.29, 0.717) is 11.2 Å². The summed E-state index contributed by atoms with van der Waals surface area (Å²) in [6.07, 6.45) is -4.60. The first-order chi connectivity index (χ1) is 5.51. The van der Waals surface area contributed by atoms with Crippen LogP contribution < -0.4 is 0 Å². The summed E-state index contributed by atoms with van der Waals surface area (Å²) in [5.74, 6) is 0. The van der Waals surface area contributed by atoms with E-state index in [2.05, 4.69) is 0 Å². The van der Waals surface area contributed by atoms with E-state index in [1.54, 1.807) is 0 Å². The SMILES string of the molecule is O=Cc1ccc(CC(F)(F)F)s1. The standard InChI is InChI=1S/C7H5F3OS/c8-7(9,10)3-5-1-2-6(4-11)12-5/h1-2,4H,3H2. The third kappa shape index (κ3) is 2.65. The molecule has 0 radical (unpaired) electrons. The quantitative estimate of drug-likeness (QED) is 0.661. The van der Waals surface area contributed by atoms with Crippen LogP contribution in [0.5, 0.6) is 0 Å². The predicted octanol–water partition coefficient (Wildman–Crippen LogP) is 2.67. The fourth-order valence-electron chi connectivity index (χ4n) is 0.750. The van der Waals surface area contributed by atoms with Crippen molar-refractivity contribution >= 4 is 17.6 Å². The number of hydrogen-bond acceptors (Lipinski definition) is 2. The maximum absolute atomic E-state index is 11.8. The van der Waals surface area contributed by atoms with E-state index in [1.165, 1.54) is 12.1 Å². The molecule has 0 aliphatic carbocycles. The molecule has 0 fully saturated rings. The van der Waals surface area contributed by atoms with Gasteiger partial charge < -0.3 is 0 Å². The topological polar surface area (TPSA) is 17.1 Å². The summed E-state index contributed by atoms with van der Waals surface area (Å²) in [6, 6.07) is 2.71. The van der Waals surface area contributed by atoms with Crippen molar-refractivity contribution in [2.24, 2.45) is 0 Å². The Bertz CT molecular complexity index is 276. The lowest BCUT2D eigenvalue weighted by molar-refractivity contribution is -0.126. The second kappa shape index (κ2) is 3.26. The van der Waals surface area contributed by atoms with Gasteiger partial charge in [0.25, 0.3) is 0 Å². The van der Waals surface area contributed by atoms with Gasteiger partial charge >= 0.3 is 6.18 Å². The van der Waals surface area contributed by atoms with E-state index in [-0.39, 0.29) is 4.88 Å². The van der Waals surface area contributed by atoms with Gasteiger partial charge in [-0.15, -0.1) is 11.3 Å². The molecule has 0 saturated heterocycles. The molecule has 1 nitrogen and oxygen atoms in total. The highest BCUT2D eigenvalue weighted by atomic mass is 32.1. The van der Waals surface area contributed by atoms with Gasteiger partial charge in [0.2, 0.25) is 0 Å². The Labute approximate surface area is 70.8 Å². The van der Waals surface area contributed by atoms with Gasteiger partial charge in [0.15, 0.2) is 6.29 Å². The fraction of sp³-hybridized carbons (Fsp3) is 0.286. The van der Waals surface area contributed by atoms with Crippen molar-refractivity contribution in [3.63, 3.8) is 0 Å². The maximum atomic E-state index is 11.8. The number of aldehydes is 1. The van der Waals surface area contributed by atoms with Crippen molar-refractivity contribution in [3.8, 4) is 0 Å². The van der Waals surface area contributed by atoms with E-state index < -0.39 is 12.6 Å². The van der Waals surface area contributed by atoms with Gasteiger partial charge in [-0.05, 0) is 12.1 Å². The van der Waals surface area contributed by atoms with E-state index in [0.717, 1.165) is 11.3 Å². The minimum atomic E-state index is -4.19. The van der Waals surface area contributed by atoms with Gasteiger partial charge in [-0.3, -0.25) is 4.79 Å². The van der Waals surface area contributed by atoms with E-state index in [4.69, 9.17) is 0 Å². The van der Waals surface area contributed by atoms with Crippen LogP contribution >= 0.6 is 11.3 Å². The normalized spacial score (nSPS) is 11.6. The van der Waals surface area contributed by atoms with Crippen LogP contribution in [-0.2, 0) is 6.42 Å². The van der Waals surface area contributed by atoms with Gasteiger partial charge in [-0.25, -0.2) is 0 Å². The zero-order valence-corrected chi connectivity index (χ0v) is 6.71. The average molecular weight is 194 g/mol. The number of alkyl halides is 3. The molecule has 0 aliphatic heterocycles. The Morgan fingerprint density at radius 2 is 2.08 bits per heavy atom. The predicted molar refractivity (Wildman–Crippen MR) is 39.5 cm³/mol. The zero-order chi connectivity index (χ0) is 9.19. The van der Waals surface area contributed by atoms with Crippen molar-refractivity contribution in [1.82, 2.24) is 0 Å². The molecule has 0 aliphatic rings. The van der Waals surface area contributed by atoms with Gasteiger partial charge in [-0.2, -0.15) is 13.2 Å². The van der Waals surface area contributed by atoms with Crippen LogP contribution in [0.1, 0.15) is 14.5 Å². The molecule has 0 unspecified atom stereocenters. The molecule has 1 aromatic heterocycles. The van der Waals surface area contributed by atoms with Crippen LogP contribution in [0.15, 0.2) is 12.1 Å². The zero-order valence-electron chi connectivity index (χ0n) is 5.89. The van der Waals surface area contributed by atoms with Crippen LogP contribution in [0, 0.1) is 0 Å². The van der Waals surface area contributed by atoms with Crippen LogP contribution in [0.2, 0.25) is 0 Å². The number of hydrogen-bond donors (Lipinski definition) is 0. The monoisotopic (exact) mass is 194 g/mol. The summed E-state index contributed by atoms with van der Waals surface area (Å²) >= 11 is 0.872. The molecule has 1 heterocycles. The van der Waals surface area contributed by atoms with Crippen LogP contribution in [0.4, 0.5) is 13.2 Å². The Balaban J connectivity index is 2.70. The molecule has 1 aromatic rings. The summed E-state index contributed by atoms with van der Waals surface area (Å²) in [5.41, 5.74) is 0. The largest absolute Gasteiger partial charge is 0.393 e. The molecule has 0 amide bonds. The van der Waals surface area contributed by atoms with Crippen molar-refractivity contribution < 1.29 is 18.0 Å². The number of rotatable bonds is 2. The molecule has 0 aromatic carbocycles. The summed E-state index contributed by atoms with van der Waals surface area (Å²) < 4.78 is 35.3. The van der Waals surface area contributed by atoms with Crippen molar-refractivity contribution in [1.29, 1.82) is 0 Å². The highest BCUT2D eigenvalue weighted by Gasteiger charge is 2.28. The lowest BCUT2D eigenvalue weighted by Crippen LogP contribution is -2.09. The highest BCUT2D eigenvalue weighted by molar-refractivity contribution is 7.13. The first-order valence-corrected chi connectivity index (χ1v) is 3.93. The Morgan fingerprint density at radius 3 is 2.50 bits per heavy atom. The van der Waals surface area contributed by atoms with Gasteiger partial charge in [-0.1, -0.05) is 0 Å². The Morgan fingerprint density at radius 1 is 1.42 bits per heavy atom. The van der Waals surface area contributed by atoms with E-state index in [9.17, 15) is 18.0 Å². The maximum Gasteiger partial charge on any atom is 0.393 e. The number of carbonyl (C=O) groups is 1. The van der Waals surface area contributed by atoms with Crippen molar-refractivity contribution in [3.05, 3.63) is 21.9 Å². The van der Waals surface area contributed by atoms with Crippen LogP contribution in [0.25, 0.3) is 0 Å². The molecular weight excluding hydrogens is 189 g/mol. The van der Waals surface area contributed by atoms with E-state index in [1.807, 2.05) is 0 Å². The molecule has 0 saturated carbocycles. The third-order valence-electron chi connectivity index (χ3n) is 1.17. The van der Waals surface area contributed by atoms with Gasteiger partial charge in [0.05, 0.1) is 11.3 Å². The number of halogens is 3. The second-order valence-electron chi connectivity index (χ2n) is 2.21.